The Bertz CT molecular complexity index is 1510. The number of amides is 6. The Hall–Kier alpha value is -4.68. The van der Waals surface area contributed by atoms with Gasteiger partial charge in [-0.1, -0.05) is 18.2 Å². The first-order valence-corrected chi connectivity index (χ1v) is 15.0. The van der Waals surface area contributed by atoms with Crippen LogP contribution in [0.1, 0.15) is 56.7 Å². The van der Waals surface area contributed by atoms with Crippen LogP contribution in [0.25, 0.3) is 0 Å². The Morgan fingerprint density at radius 2 is 1.87 bits per heavy atom. The fourth-order valence-corrected chi connectivity index (χ4v) is 6.06. The number of imide groups is 1. The third kappa shape index (κ3) is 6.71. The van der Waals surface area contributed by atoms with Gasteiger partial charge >= 0.3 is 18.2 Å². The molecule has 3 aliphatic rings. The first-order chi connectivity index (χ1) is 21.3. The number of urea groups is 1. The maximum atomic E-state index is 14.0. The van der Waals surface area contributed by atoms with Gasteiger partial charge < -0.3 is 29.9 Å². The minimum Gasteiger partial charge on any atom is -0.444 e. The van der Waals surface area contributed by atoms with Crippen LogP contribution in [0, 0.1) is 5.82 Å². The number of ether oxygens (including phenoxy) is 2. The lowest BCUT2D eigenvalue weighted by Gasteiger charge is -2.40. The summed E-state index contributed by atoms with van der Waals surface area (Å²) >= 11 is 0. The highest BCUT2D eigenvalue weighted by Gasteiger charge is 2.58. The molecular formula is C32H38FN5O7. The maximum Gasteiger partial charge on any atom is 0.418 e. The summed E-state index contributed by atoms with van der Waals surface area (Å²) in [6, 6.07) is 9.90. The number of halogens is 1. The molecule has 2 heterocycles. The Morgan fingerprint density at radius 1 is 1.13 bits per heavy atom. The average Bonchev–Trinajstić information content (AvgIpc) is 3.47. The number of hydrogen-bond acceptors (Lipinski definition) is 7. The van der Waals surface area contributed by atoms with Crippen LogP contribution in [0.15, 0.2) is 42.5 Å². The molecule has 5 rings (SSSR count). The van der Waals surface area contributed by atoms with Crippen molar-refractivity contribution in [1.82, 2.24) is 20.0 Å². The van der Waals surface area contributed by atoms with Gasteiger partial charge in [-0.3, -0.25) is 9.59 Å². The normalized spacial score (nSPS) is 21.0. The molecule has 0 unspecified atom stereocenters. The molecule has 45 heavy (non-hydrogen) atoms. The summed E-state index contributed by atoms with van der Waals surface area (Å²) in [4.78, 5) is 69.5. The average molecular weight is 624 g/mol. The molecule has 2 saturated heterocycles. The van der Waals surface area contributed by atoms with Crippen LogP contribution >= 0.6 is 0 Å². The highest BCUT2D eigenvalue weighted by atomic mass is 19.1. The molecule has 12 nitrogen and oxygen atoms in total. The molecule has 0 radical (unpaired) electrons. The Kier molecular flexibility index (Phi) is 8.72. The first kappa shape index (κ1) is 31.7. The third-order valence-electron chi connectivity index (χ3n) is 8.21. The van der Waals surface area contributed by atoms with Gasteiger partial charge in [0.25, 0.3) is 5.91 Å². The highest BCUT2D eigenvalue weighted by Crippen LogP contribution is 2.46. The van der Waals surface area contributed by atoms with Gasteiger partial charge in [0.15, 0.2) is 0 Å². The summed E-state index contributed by atoms with van der Waals surface area (Å²) in [6.07, 6.45) is 0.406. The van der Waals surface area contributed by atoms with Crippen molar-refractivity contribution in [1.29, 1.82) is 0 Å². The molecule has 2 aromatic carbocycles. The molecule has 0 aromatic heterocycles. The number of piperidine rings is 1. The number of benzene rings is 2. The SMILES string of the molecule is CNC(=O)Nc1ccc2c(c1)CC[C@@]21OC(=O)N(CC(=O)N(Cc2ccc(F)cc2)[C@H]2CCCN(C(=O)OC(C)(C)C)C2)C1=O. The number of nitrogens with zero attached hydrogens (tertiary/aromatic N) is 3. The minimum atomic E-state index is -1.56. The van der Waals surface area contributed by atoms with Gasteiger partial charge in [0.1, 0.15) is 18.0 Å². The monoisotopic (exact) mass is 623 g/mol. The van der Waals surface area contributed by atoms with Crippen molar-refractivity contribution >= 4 is 35.7 Å². The number of carbonyl (C=O) groups excluding carboxylic acids is 5. The number of hydrogen-bond donors (Lipinski definition) is 2. The molecule has 2 aliphatic heterocycles. The fourth-order valence-electron chi connectivity index (χ4n) is 6.06. The van der Waals surface area contributed by atoms with Gasteiger partial charge in [-0.15, -0.1) is 0 Å². The summed E-state index contributed by atoms with van der Waals surface area (Å²) in [7, 11) is 1.50. The van der Waals surface area contributed by atoms with Gasteiger partial charge in [0.2, 0.25) is 11.5 Å². The van der Waals surface area contributed by atoms with E-state index < -0.39 is 59.6 Å². The van der Waals surface area contributed by atoms with Gasteiger partial charge in [-0.25, -0.2) is 23.7 Å². The van der Waals surface area contributed by atoms with Crippen molar-refractivity contribution in [2.75, 3.05) is 32.0 Å². The second-order valence-corrected chi connectivity index (χ2v) is 12.5. The molecule has 13 heteroatoms. The van der Waals surface area contributed by atoms with Crippen LogP contribution in [0.3, 0.4) is 0 Å². The summed E-state index contributed by atoms with van der Waals surface area (Å²) < 4.78 is 24.9. The lowest BCUT2D eigenvalue weighted by Crippen LogP contribution is -2.54. The minimum absolute atomic E-state index is 0.0815. The van der Waals surface area contributed by atoms with Gasteiger partial charge in [0.05, 0.1) is 0 Å². The van der Waals surface area contributed by atoms with Crippen molar-refractivity contribution in [2.24, 2.45) is 0 Å². The van der Waals surface area contributed by atoms with E-state index >= 15 is 0 Å². The molecule has 1 spiro atoms. The molecule has 2 N–H and O–H groups in total. The standard InChI is InChI=1S/C32H38FN5O7/c1-31(2,3)44-29(42)36-15-5-6-24(18-36)37(17-20-7-9-22(33)10-8-20)26(39)19-38-27(40)32(45-30(38)43)14-13-21-16-23(11-12-25(21)32)35-28(41)34-4/h7-12,16,24H,5-6,13-15,17-19H2,1-4H3,(H2,34,35,41)/t24-,32+/m0/s1. The topological polar surface area (TPSA) is 138 Å². The lowest BCUT2D eigenvalue weighted by atomic mass is 9.94. The van der Waals surface area contributed by atoms with E-state index in [-0.39, 0.29) is 19.5 Å². The van der Waals surface area contributed by atoms with Crippen molar-refractivity contribution < 1.29 is 37.8 Å². The van der Waals surface area contributed by atoms with E-state index in [0.717, 1.165) is 10.5 Å². The Morgan fingerprint density at radius 3 is 2.56 bits per heavy atom. The van der Waals surface area contributed by atoms with Crippen LogP contribution in [0.4, 0.5) is 24.5 Å². The van der Waals surface area contributed by atoms with Crippen LogP contribution < -0.4 is 10.6 Å². The molecule has 2 atom stereocenters. The molecule has 2 aromatic rings. The number of rotatable bonds is 6. The number of nitrogens with one attached hydrogen (secondary N) is 2. The van der Waals surface area contributed by atoms with Gasteiger partial charge in [-0.05, 0) is 75.4 Å². The van der Waals surface area contributed by atoms with E-state index in [1.54, 1.807) is 56.0 Å². The third-order valence-corrected chi connectivity index (χ3v) is 8.21. The smallest absolute Gasteiger partial charge is 0.418 e. The summed E-state index contributed by atoms with van der Waals surface area (Å²) in [5.74, 6) is -1.57. The number of aryl methyl sites for hydroxylation is 1. The van der Waals surface area contributed by atoms with Crippen molar-refractivity contribution in [3.63, 3.8) is 0 Å². The maximum absolute atomic E-state index is 14.0. The first-order valence-electron chi connectivity index (χ1n) is 15.0. The predicted molar refractivity (Wildman–Crippen MR) is 160 cm³/mol. The van der Waals surface area contributed by atoms with Crippen molar-refractivity contribution in [3.8, 4) is 0 Å². The molecule has 2 fully saturated rings. The zero-order valence-electron chi connectivity index (χ0n) is 25.9. The molecule has 240 valence electrons. The molecular weight excluding hydrogens is 585 g/mol. The fraction of sp³-hybridized carbons (Fsp3) is 0.469. The number of fused-ring (bicyclic) bond motifs is 2. The Balaban J connectivity index is 1.36. The summed E-state index contributed by atoms with van der Waals surface area (Å²) in [6.45, 7) is 5.51. The van der Waals surface area contributed by atoms with Crippen molar-refractivity contribution in [3.05, 3.63) is 65.0 Å². The molecule has 0 bridgehead atoms. The largest absolute Gasteiger partial charge is 0.444 e. The zero-order valence-corrected chi connectivity index (χ0v) is 25.9. The van der Waals surface area contributed by atoms with Crippen LogP contribution in [-0.2, 0) is 37.6 Å². The van der Waals surface area contributed by atoms with Crippen LogP contribution in [-0.4, -0.2) is 83.1 Å². The van der Waals surface area contributed by atoms with Gasteiger partial charge in [0, 0.05) is 50.4 Å². The zero-order chi connectivity index (χ0) is 32.5. The second-order valence-electron chi connectivity index (χ2n) is 12.5. The van der Waals surface area contributed by atoms with Crippen molar-refractivity contribution in [2.45, 2.75) is 70.2 Å². The van der Waals surface area contributed by atoms with Crippen LogP contribution in [0.5, 0.6) is 0 Å². The van der Waals surface area contributed by atoms with E-state index in [1.807, 2.05) is 0 Å². The van der Waals surface area contributed by atoms with E-state index in [2.05, 4.69) is 10.6 Å². The molecule has 0 saturated carbocycles. The Labute approximate surface area is 260 Å². The van der Waals surface area contributed by atoms with Gasteiger partial charge in [-0.2, -0.15) is 0 Å². The highest BCUT2D eigenvalue weighted by molar-refractivity contribution is 6.06. The lowest BCUT2D eigenvalue weighted by molar-refractivity contribution is -0.143. The predicted octanol–water partition coefficient (Wildman–Crippen LogP) is 4.13. The number of anilines is 1. The second kappa shape index (κ2) is 12.4. The van der Waals surface area contributed by atoms with E-state index in [1.165, 1.54) is 24.1 Å². The summed E-state index contributed by atoms with van der Waals surface area (Å²) in [5, 5.41) is 5.16. The van der Waals surface area contributed by atoms with E-state index in [4.69, 9.17) is 9.47 Å². The number of carbonyl (C=O) groups is 5. The molecule has 1 aliphatic carbocycles. The van der Waals surface area contributed by atoms with E-state index in [9.17, 15) is 28.4 Å². The molecule has 6 amide bonds. The number of likely N-dealkylation sites (tertiary alicyclic amines) is 1. The summed E-state index contributed by atoms with van der Waals surface area (Å²) in [5.41, 5.74) is 0.192. The van der Waals surface area contributed by atoms with Crippen LogP contribution in [0.2, 0.25) is 0 Å². The van der Waals surface area contributed by atoms with E-state index in [0.29, 0.717) is 42.6 Å². The quantitative estimate of drug-likeness (QED) is 0.494.